The Balaban J connectivity index is 1.86. The maximum Gasteiger partial charge on any atom is 0.408 e. The topological polar surface area (TPSA) is 75.6 Å². The van der Waals surface area contributed by atoms with E-state index in [9.17, 15) is 14.7 Å². The lowest BCUT2D eigenvalue weighted by Crippen LogP contribution is -2.64. The zero-order valence-corrected chi connectivity index (χ0v) is 15.6. The quantitative estimate of drug-likeness (QED) is 0.817. The van der Waals surface area contributed by atoms with Gasteiger partial charge in [0.1, 0.15) is 11.6 Å². The zero-order chi connectivity index (χ0) is 18.0. The lowest BCUT2D eigenvalue weighted by Gasteiger charge is -2.66. The van der Waals surface area contributed by atoms with Gasteiger partial charge in [0.2, 0.25) is 0 Å². The normalized spacial score (nSPS) is 41.8. The van der Waals surface area contributed by atoms with Crippen LogP contribution in [0.15, 0.2) is 0 Å². The number of carbonyl (C=O) groups excluding carboxylic acids is 1. The van der Waals surface area contributed by atoms with Gasteiger partial charge in [-0.2, -0.15) is 0 Å². The van der Waals surface area contributed by atoms with Crippen LogP contribution in [0.25, 0.3) is 0 Å². The van der Waals surface area contributed by atoms with Gasteiger partial charge < -0.3 is 15.2 Å². The summed E-state index contributed by atoms with van der Waals surface area (Å²) in [5, 5.41) is 12.6. The number of carboxylic acid groups (broad SMARTS) is 1. The first-order valence-corrected chi connectivity index (χ1v) is 9.06. The molecule has 136 valence electrons. The maximum atomic E-state index is 12.2. The Morgan fingerprint density at radius 3 is 2.04 bits per heavy atom. The summed E-state index contributed by atoms with van der Waals surface area (Å²) in [6.45, 7) is 9.97. The van der Waals surface area contributed by atoms with E-state index in [4.69, 9.17) is 4.74 Å². The van der Waals surface area contributed by atoms with E-state index in [1.807, 2.05) is 0 Å². The number of carbonyl (C=O) groups is 2. The highest BCUT2D eigenvalue weighted by molar-refractivity contribution is 5.81. The average molecular weight is 337 g/mol. The lowest BCUT2D eigenvalue weighted by atomic mass is 9.39. The fourth-order valence-corrected chi connectivity index (χ4v) is 6.76. The van der Waals surface area contributed by atoms with Crippen LogP contribution in [-0.4, -0.2) is 28.8 Å². The molecule has 0 radical (unpaired) electrons. The van der Waals surface area contributed by atoms with Gasteiger partial charge in [-0.3, -0.25) is 0 Å². The predicted molar refractivity (Wildman–Crippen MR) is 90.6 cm³/mol. The molecule has 4 bridgehead atoms. The highest BCUT2D eigenvalue weighted by Crippen LogP contribution is 2.70. The van der Waals surface area contributed by atoms with E-state index >= 15 is 0 Å². The monoisotopic (exact) mass is 337 g/mol. The minimum absolute atomic E-state index is 0.206. The molecule has 5 heteroatoms. The molecule has 0 saturated heterocycles. The Bertz CT molecular complexity index is 546. The Hall–Kier alpha value is -1.26. The van der Waals surface area contributed by atoms with Crippen LogP contribution < -0.4 is 5.32 Å². The molecule has 3 atom stereocenters. The van der Waals surface area contributed by atoms with Crippen LogP contribution >= 0.6 is 0 Å². The largest absolute Gasteiger partial charge is 0.480 e. The third kappa shape index (κ3) is 3.14. The first-order chi connectivity index (χ1) is 10.8. The number of carboxylic acids is 1. The first-order valence-electron chi connectivity index (χ1n) is 9.06. The molecule has 1 amide bonds. The number of amides is 1. The summed E-state index contributed by atoms with van der Waals surface area (Å²) in [6.07, 6.45) is 5.63. The van der Waals surface area contributed by atoms with Gasteiger partial charge in [-0.1, -0.05) is 13.8 Å². The predicted octanol–water partition coefficient (Wildman–Crippen LogP) is 3.96. The number of ether oxygens (including phenoxy) is 1. The van der Waals surface area contributed by atoms with E-state index in [-0.39, 0.29) is 16.2 Å². The first kappa shape index (κ1) is 17.6. The Morgan fingerprint density at radius 2 is 1.62 bits per heavy atom. The van der Waals surface area contributed by atoms with Crippen molar-refractivity contribution in [3.05, 3.63) is 0 Å². The Morgan fingerprint density at radius 1 is 1.08 bits per heavy atom. The van der Waals surface area contributed by atoms with Crippen molar-refractivity contribution in [3.63, 3.8) is 0 Å². The smallest absolute Gasteiger partial charge is 0.408 e. The van der Waals surface area contributed by atoms with Crippen LogP contribution in [0.2, 0.25) is 0 Å². The van der Waals surface area contributed by atoms with E-state index in [0.717, 1.165) is 19.3 Å². The van der Waals surface area contributed by atoms with Crippen LogP contribution in [0, 0.1) is 22.2 Å². The van der Waals surface area contributed by atoms with Gasteiger partial charge in [-0.15, -0.1) is 0 Å². The molecule has 0 spiro atoms. The molecular formula is C19H31NO4. The summed E-state index contributed by atoms with van der Waals surface area (Å²) < 4.78 is 5.32. The van der Waals surface area contributed by atoms with E-state index in [2.05, 4.69) is 19.2 Å². The van der Waals surface area contributed by atoms with Gasteiger partial charge >= 0.3 is 12.1 Å². The molecule has 2 N–H and O–H groups in total. The van der Waals surface area contributed by atoms with Crippen molar-refractivity contribution in [3.8, 4) is 0 Å². The molecule has 0 heterocycles. The molecule has 4 rings (SSSR count). The molecular weight excluding hydrogens is 306 g/mol. The molecule has 4 fully saturated rings. The highest BCUT2D eigenvalue weighted by Gasteiger charge is 2.63. The standard InChI is InChI=1S/C19H31NO4/c1-16(2,3)24-15(23)20-13(14(21)22)19-8-12-6-17(4,10-19)9-18(5,7-12)11-19/h12-13H,6-11H2,1-5H3,(H,20,23)(H,21,22)/t12?,13-,17?,18?,19?/m1/s1. The second-order valence-corrected chi connectivity index (χ2v) is 10.4. The second-order valence-electron chi connectivity index (χ2n) is 10.4. The molecule has 0 aliphatic heterocycles. The summed E-state index contributed by atoms with van der Waals surface area (Å²) in [5.41, 5.74) is -0.562. The lowest BCUT2D eigenvalue weighted by molar-refractivity contribution is -0.173. The van der Waals surface area contributed by atoms with Gasteiger partial charge in [0.15, 0.2) is 0 Å². The average Bonchev–Trinajstić information content (AvgIpc) is 2.28. The molecule has 0 aromatic carbocycles. The third-order valence-electron chi connectivity index (χ3n) is 6.19. The summed E-state index contributed by atoms with van der Waals surface area (Å²) in [6, 6.07) is -0.866. The summed E-state index contributed by atoms with van der Waals surface area (Å²) in [4.78, 5) is 24.3. The van der Waals surface area contributed by atoms with Crippen LogP contribution in [0.4, 0.5) is 4.79 Å². The number of hydrogen-bond donors (Lipinski definition) is 2. The fraction of sp³-hybridized carbons (Fsp3) is 0.895. The number of rotatable bonds is 3. The number of aliphatic carboxylic acids is 1. The van der Waals surface area contributed by atoms with E-state index in [0.29, 0.717) is 5.92 Å². The van der Waals surface area contributed by atoms with Crippen molar-refractivity contribution in [1.29, 1.82) is 0 Å². The zero-order valence-electron chi connectivity index (χ0n) is 15.6. The molecule has 0 aromatic heterocycles. The summed E-state index contributed by atoms with van der Waals surface area (Å²) in [7, 11) is 0. The SMILES string of the molecule is CC12CC3CC(C)(C1)CC([C@H](NC(=O)OC(C)(C)C)C(=O)O)(C3)C2. The van der Waals surface area contributed by atoms with Gasteiger partial charge in [0.25, 0.3) is 0 Å². The Labute approximate surface area is 144 Å². The van der Waals surface area contributed by atoms with Crippen molar-refractivity contribution in [2.24, 2.45) is 22.2 Å². The van der Waals surface area contributed by atoms with Gasteiger partial charge in [-0.05, 0) is 76.0 Å². The Kier molecular flexibility index (Phi) is 3.75. The fourth-order valence-electron chi connectivity index (χ4n) is 6.76. The number of nitrogens with one attached hydrogen (secondary N) is 1. The summed E-state index contributed by atoms with van der Waals surface area (Å²) >= 11 is 0. The van der Waals surface area contributed by atoms with Crippen LogP contribution in [0.5, 0.6) is 0 Å². The molecule has 5 nitrogen and oxygen atoms in total. The molecule has 4 aliphatic carbocycles. The van der Waals surface area contributed by atoms with Crippen molar-refractivity contribution < 1.29 is 19.4 Å². The van der Waals surface area contributed by atoms with Crippen molar-refractivity contribution in [2.45, 2.75) is 84.8 Å². The van der Waals surface area contributed by atoms with E-state index in [1.165, 1.54) is 19.3 Å². The van der Waals surface area contributed by atoms with Crippen LogP contribution in [-0.2, 0) is 9.53 Å². The minimum Gasteiger partial charge on any atom is -0.480 e. The molecule has 0 aromatic rings. The summed E-state index contributed by atoms with van der Waals surface area (Å²) in [5.74, 6) is -0.353. The van der Waals surface area contributed by atoms with Gasteiger partial charge in [0.05, 0.1) is 0 Å². The van der Waals surface area contributed by atoms with Gasteiger partial charge in [0, 0.05) is 5.41 Å². The number of alkyl carbamates (subject to hydrolysis) is 1. The van der Waals surface area contributed by atoms with Crippen molar-refractivity contribution in [2.75, 3.05) is 0 Å². The molecule has 2 unspecified atom stereocenters. The van der Waals surface area contributed by atoms with Crippen molar-refractivity contribution >= 4 is 12.1 Å². The second kappa shape index (κ2) is 5.12. The third-order valence-corrected chi connectivity index (χ3v) is 6.19. The van der Waals surface area contributed by atoms with E-state index < -0.39 is 23.7 Å². The highest BCUT2D eigenvalue weighted by atomic mass is 16.6. The molecule has 4 saturated carbocycles. The van der Waals surface area contributed by atoms with Crippen LogP contribution in [0.1, 0.15) is 73.1 Å². The number of hydrogen-bond acceptors (Lipinski definition) is 3. The molecule has 24 heavy (non-hydrogen) atoms. The maximum absolute atomic E-state index is 12.2. The minimum atomic E-state index is -0.935. The van der Waals surface area contributed by atoms with Crippen LogP contribution in [0.3, 0.4) is 0 Å². The molecule has 4 aliphatic rings. The van der Waals surface area contributed by atoms with Gasteiger partial charge in [-0.25, -0.2) is 9.59 Å². The van der Waals surface area contributed by atoms with Crippen molar-refractivity contribution in [1.82, 2.24) is 5.32 Å². The van der Waals surface area contributed by atoms with E-state index in [1.54, 1.807) is 20.8 Å².